The summed E-state index contributed by atoms with van der Waals surface area (Å²) in [5.41, 5.74) is 12.2. The Balaban J connectivity index is 2.41. The van der Waals surface area contributed by atoms with Crippen LogP contribution in [0.5, 0.6) is 11.5 Å². The van der Waals surface area contributed by atoms with Crippen LogP contribution in [0.2, 0.25) is 0 Å². The molecule has 0 aliphatic heterocycles. The van der Waals surface area contributed by atoms with Gasteiger partial charge in [0.05, 0.1) is 25.6 Å². The lowest BCUT2D eigenvalue weighted by molar-refractivity contribution is 0.0996. The average molecular weight is 288 g/mol. The van der Waals surface area contributed by atoms with Crippen LogP contribution in [0.3, 0.4) is 0 Å². The molecule has 1 aromatic carbocycles. The molecule has 1 amide bonds. The van der Waals surface area contributed by atoms with Crippen molar-refractivity contribution in [1.82, 2.24) is 4.98 Å². The van der Waals surface area contributed by atoms with Crippen LogP contribution >= 0.6 is 0 Å². The van der Waals surface area contributed by atoms with Crippen LogP contribution in [0.15, 0.2) is 30.3 Å². The number of ether oxygens (including phenoxy) is 2. The van der Waals surface area contributed by atoms with Crippen molar-refractivity contribution < 1.29 is 14.3 Å². The highest BCUT2D eigenvalue weighted by atomic mass is 16.5. The SMILES string of the molecule is COc1ccc(OC)c(Nc2nc(C(N)=O)ccc2N)c1. The fourth-order valence-corrected chi connectivity index (χ4v) is 1.75. The highest BCUT2D eigenvalue weighted by molar-refractivity contribution is 5.92. The predicted molar refractivity (Wildman–Crippen MR) is 80.0 cm³/mol. The second kappa shape index (κ2) is 6.00. The van der Waals surface area contributed by atoms with Crippen LogP contribution in [0.25, 0.3) is 0 Å². The minimum absolute atomic E-state index is 0.119. The number of hydrogen-bond acceptors (Lipinski definition) is 6. The number of anilines is 3. The maximum atomic E-state index is 11.2. The van der Waals surface area contributed by atoms with Gasteiger partial charge in [-0.1, -0.05) is 0 Å². The fraction of sp³-hybridized carbons (Fsp3) is 0.143. The number of amides is 1. The Kier molecular flexibility index (Phi) is 4.13. The van der Waals surface area contributed by atoms with Gasteiger partial charge in [-0.25, -0.2) is 4.98 Å². The molecule has 5 N–H and O–H groups in total. The van der Waals surface area contributed by atoms with E-state index in [1.807, 2.05) is 0 Å². The summed E-state index contributed by atoms with van der Waals surface area (Å²) in [6.07, 6.45) is 0. The first kappa shape index (κ1) is 14.4. The Morgan fingerprint density at radius 2 is 1.95 bits per heavy atom. The summed E-state index contributed by atoms with van der Waals surface area (Å²) in [5.74, 6) is 0.915. The Labute approximate surface area is 121 Å². The van der Waals surface area contributed by atoms with Crippen LogP contribution < -0.4 is 26.3 Å². The van der Waals surface area contributed by atoms with E-state index in [0.717, 1.165) is 0 Å². The second-order valence-electron chi connectivity index (χ2n) is 4.19. The molecule has 0 radical (unpaired) electrons. The molecular formula is C14H16N4O3. The minimum Gasteiger partial charge on any atom is -0.497 e. The van der Waals surface area contributed by atoms with Gasteiger partial charge in [-0.15, -0.1) is 0 Å². The molecule has 0 aliphatic rings. The van der Waals surface area contributed by atoms with Gasteiger partial charge in [0.1, 0.15) is 17.2 Å². The number of hydrogen-bond donors (Lipinski definition) is 3. The van der Waals surface area contributed by atoms with Gasteiger partial charge in [0.2, 0.25) is 0 Å². The molecule has 0 atom stereocenters. The molecule has 1 aromatic heterocycles. The molecule has 1 heterocycles. The van der Waals surface area contributed by atoms with E-state index in [0.29, 0.717) is 28.7 Å². The van der Waals surface area contributed by atoms with Crippen molar-refractivity contribution in [3.8, 4) is 11.5 Å². The molecule has 0 saturated carbocycles. The predicted octanol–water partition coefficient (Wildman–Crippen LogP) is 1.52. The average Bonchev–Trinajstić information content (AvgIpc) is 2.49. The van der Waals surface area contributed by atoms with E-state index in [1.54, 1.807) is 38.5 Å². The van der Waals surface area contributed by atoms with Crippen molar-refractivity contribution in [2.75, 3.05) is 25.3 Å². The summed E-state index contributed by atoms with van der Waals surface area (Å²) in [5, 5.41) is 3.01. The molecule has 21 heavy (non-hydrogen) atoms. The van der Waals surface area contributed by atoms with E-state index in [4.69, 9.17) is 20.9 Å². The zero-order chi connectivity index (χ0) is 15.4. The van der Waals surface area contributed by atoms with Gasteiger partial charge in [0, 0.05) is 6.07 Å². The number of nitrogen functional groups attached to an aromatic ring is 1. The largest absolute Gasteiger partial charge is 0.497 e. The maximum absolute atomic E-state index is 11.2. The molecule has 110 valence electrons. The van der Waals surface area contributed by atoms with Gasteiger partial charge in [-0.3, -0.25) is 4.79 Å². The number of nitrogens with two attached hydrogens (primary N) is 2. The number of carbonyl (C=O) groups excluding carboxylic acids is 1. The summed E-state index contributed by atoms with van der Waals surface area (Å²) >= 11 is 0. The quantitative estimate of drug-likeness (QED) is 0.769. The minimum atomic E-state index is -0.629. The lowest BCUT2D eigenvalue weighted by Gasteiger charge is -2.13. The number of aromatic nitrogens is 1. The molecule has 7 nitrogen and oxygen atoms in total. The lowest BCUT2D eigenvalue weighted by Crippen LogP contribution is -2.14. The summed E-state index contributed by atoms with van der Waals surface area (Å²) in [6, 6.07) is 8.26. The number of carbonyl (C=O) groups is 1. The molecule has 7 heteroatoms. The van der Waals surface area contributed by atoms with Crippen molar-refractivity contribution in [2.45, 2.75) is 0 Å². The number of nitrogens with zero attached hydrogens (tertiary/aromatic N) is 1. The van der Waals surface area contributed by atoms with Crippen molar-refractivity contribution >= 4 is 23.1 Å². The van der Waals surface area contributed by atoms with Gasteiger partial charge in [-0.2, -0.15) is 0 Å². The Morgan fingerprint density at radius 3 is 2.57 bits per heavy atom. The number of nitrogens with one attached hydrogen (secondary N) is 1. The topological polar surface area (TPSA) is 112 Å². The number of pyridine rings is 1. The molecule has 0 bridgehead atoms. The van der Waals surface area contributed by atoms with E-state index in [9.17, 15) is 4.79 Å². The van der Waals surface area contributed by atoms with E-state index in [2.05, 4.69) is 10.3 Å². The first-order valence-corrected chi connectivity index (χ1v) is 6.10. The third-order valence-corrected chi connectivity index (χ3v) is 2.84. The zero-order valence-corrected chi connectivity index (χ0v) is 11.7. The monoisotopic (exact) mass is 288 g/mol. The Morgan fingerprint density at radius 1 is 1.19 bits per heavy atom. The van der Waals surface area contributed by atoms with Gasteiger partial charge < -0.3 is 26.3 Å². The summed E-state index contributed by atoms with van der Waals surface area (Å²) in [6.45, 7) is 0. The van der Waals surface area contributed by atoms with Gasteiger partial charge in [0.15, 0.2) is 5.82 Å². The number of rotatable bonds is 5. The van der Waals surface area contributed by atoms with Gasteiger partial charge in [0.25, 0.3) is 5.91 Å². The van der Waals surface area contributed by atoms with Crippen LogP contribution in [0.1, 0.15) is 10.5 Å². The molecule has 0 saturated heterocycles. The third kappa shape index (κ3) is 3.14. The summed E-state index contributed by atoms with van der Waals surface area (Å²) in [7, 11) is 3.11. The molecule has 2 rings (SSSR count). The first-order valence-electron chi connectivity index (χ1n) is 6.10. The van der Waals surface area contributed by atoms with Crippen LogP contribution in [-0.4, -0.2) is 25.1 Å². The normalized spacial score (nSPS) is 10.0. The van der Waals surface area contributed by atoms with E-state index < -0.39 is 5.91 Å². The van der Waals surface area contributed by atoms with Crippen molar-refractivity contribution in [3.05, 3.63) is 36.0 Å². The highest BCUT2D eigenvalue weighted by Gasteiger charge is 2.11. The second-order valence-corrected chi connectivity index (χ2v) is 4.19. The van der Waals surface area contributed by atoms with E-state index in [-0.39, 0.29) is 5.69 Å². The third-order valence-electron chi connectivity index (χ3n) is 2.84. The smallest absolute Gasteiger partial charge is 0.267 e. The Hall–Kier alpha value is -2.96. The standard InChI is InChI=1S/C14H16N4O3/c1-20-8-3-6-12(21-2)11(7-8)18-14-9(15)4-5-10(17-14)13(16)19/h3-7H,15H2,1-2H3,(H2,16,19)(H,17,18). The van der Waals surface area contributed by atoms with Crippen molar-refractivity contribution in [3.63, 3.8) is 0 Å². The van der Waals surface area contributed by atoms with E-state index in [1.165, 1.54) is 6.07 Å². The van der Waals surface area contributed by atoms with Crippen LogP contribution in [0.4, 0.5) is 17.2 Å². The van der Waals surface area contributed by atoms with Crippen molar-refractivity contribution in [1.29, 1.82) is 0 Å². The van der Waals surface area contributed by atoms with E-state index >= 15 is 0 Å². The molecule has 0 unspecified atom stereocenters. The van der Waals surface area contributed by atoms with Crippen LogP contribution in [0, 0.1) is 0 Å². The number of primary amides is 1. The van der Waals surface area contributed by atoms with Crippen LogP contribution in [-0.2, 0) is 0 Å². The Bertz CT molecular complexity index is 673. The first-order chi connectivity index (χ1) is 10.0. The van der Waals surface area contributed by atoms with Crippen molar-refractivity contribution in [2.24, 2.45) is 5.73 Å². The highest BCUT2D eigenvalue weighted by Crippen LogP contribution is 2.32. The number of benzene rings is 1. The maximum Gasteiger partial charge on any atom is 0.267 e. The lowest BCUT2D eigenvalue weighted by atomic mass is 10.2. The van der Waals surface area contributed by atoms with Gasteiger partial charge >= 0.3 is 0 Å². The summed E-state index contributed by atoms with van der Waals surface area (Å²) < 4.78 is 10.4. The van der Waals surface area contributed by atoms with Gasteiger partial charge in [-0.05, 0) is 24.3 Å². The molecular weight excluding hydrogens is 272 g/mol. The fourth-order valence-electron chi connectivity index (χ4n) is 1.75. The zero-order valence-electron chi connectivity index (χ0n) is 11.7. The summed E-state index contributed by atoms with van der Waals surface area (Å²) in [4.78, 5) is 15.3. The number of methoxy groups -OCH3 is 2. The molecule has 0 aliphatic carbocycles. The molecule has 0 spiro atoms. The molecule has 2 aromatic rings. The molecule has 0 fully saturated rings.